The van der Waals surface area contributed by atoms with Crippen molar-refractivity contribution >= 4 is 5.91 Å². The maximum Gasteiger partial charge on any atom is 0.245 e. The van der Waals surface area contributed by atoms with E-state index in [2.05, 4.69) is 5.32 Å². The molecule has 72 valence electrons. The maximum atomic E-state index is 10.6. The molecule has 0 unspecified atom stereocenters. The molecule has 1 amide bonds. The molecule has 0 aliphatic carbocycles. The maximum absolute atomic E-state index is 10.6. The molecule has 0 bridgehead atoms. The first-order chi connectivity index (χ1) is 5.81. The Morgan fingerprint density at radius 1 is 1.42 bits per heavy atom. The first kappa shape index (κ1) is 11.4. The SMILES string of the molecule is CNC(=O)COCCCCCN. The summed E-state index contributed by atoms with van der Waals surface area (Å²) >= 11 is 0. The molecule has 4 nitrogen and oxygen atoms in total. The third-order valence-electron chi connectivity index (χ3n) is 1.50. The summed E-state index contributed by atoms with van der Waals surface area (Å²) in [6.45, 7) is 1.54. The van der Waals surface area contributed by atoms with Crippen LogP contribution in [0.5, 0.6) is 0 Å². The van der Waals surface area contributed by atoms with Crippen molar-refractivity contribution in [2.75, 3.05) is 26.8 Å². The molecule has 0 aromatic heterocycles. The molecule has 0 aliphatic heterocycles. The van der Waals surface area contributed by atoms with Crippen molar-refractivity contribution in [2.45, 2.75) is 19.3 Å². The quantitative estimate of drug-likeness (QED) is 0.529. The van der Waals surface area contributed by atoms with E-state index in [1.807, 2.05) is 0 Å². The number of nitrogens with two attached hydrogens (primary N) is 1. The highest BCUT2D eigenvalue weighted by atomic mass is 16.5. The Bertz CT molecular complexity index is 118. The van der Waals surface area contributed by atoms with Crippen LogP contribution in [0, 0.1) is 0 Å². The van der Waals surface area contributed by atoms with E-state index in [-0.39, 0.29) is 12.5 Å². The van der Waals surface area contributed by atoms with Gasteiger partial charge in [-0.3, -0.25) is 4.79 Å². The lowest BCUT2D eigenvalue weighted by Crippen LogP contribution is -2.23. The van der Waals surface area contributed by atoms with Gasteiger partial charge >= 0.3 is 0 Å². The average Bonchev–Trinajstić information content (AvgIpc) is 2.10. The molecule has 3 N–H and O–H groups in total. The second kappa shape index (κ2) is 8.49. The van der Waals surface area contributed by atoms with Gasteiger partial charge < -0.3 is 15.8 Å². The molecule has 0 heterocycles. The van der Waals surface area contributed by atoms with Crippen LogP contribution >= 0.6 is 0 Å². The largest absolute Gasteiger partial charge is 0.372 e. The van der Waals surface area contributed by atoms with E-state index in [9.17, 15) is 4.79 Å². The third-order valence-corrected chi connectivity index (χ3v) is 1.50. The number of rotatable bonds is 7. The summed E-state index contributed by atoms with van der Waals surface area (Å²) in [5.41, 5.74) is 5.31. The molecule has 0 rings (SSSR count). The van der Waals surface area contributed by atoms with Gasteiger partial charge in [-0.1, -0.05) is 0 Å². The predicted octanol–water partition coefficient (Wildman–Crippen LogP) is -0.122. The summed E-state index contributed by atoms with van der Waals surface area (Å²) in [5.74, 6) is -0.0752. The van der Waals surface area contributed by atoms with Crippen molar-refractivity contribution in [1.29, 1.82) is 0 Å². The number of hydrogen-bond donors (Lipinski definition) is 2. The van der Waals surface area contributed by atoms with Gasteiger partial charge in [0.2, 0.25) is 5.91 Å². The Kier molecular flexibility index (Phi) is 8.05. The number of likely N-dealkylation sites (N-methyl/N-ethyl adjacent to an activating group) is 1. The third kappa shape index (κ3) is 7.50. The van der Waals surface area contributed by atoms with Crippen LogP contribution in [0.3, 0.4) is 0 Å². The Balaban J connectivity index is 2.95. The van der Waals surface area contributed by atoms with Crippen molar-refractivity contribution < 1.29 is 9.53 Å². The zero-order valence-electron chi connectivity index (χ0n) is 7.64. The normalized spacial score (nSPS) is 9.83. The summed E-state index contributed by atoms with van der Waals surface area (Å²) in [6, 6.07) is 0. The fraction of sp³-hybridized carbons (Fsp3) is 0.875. The van der Waals surface area contributed by atoms with Gasteiger partial charge in [-0.05, 0) is 25.8 Å². The minimum atomic E-state index is -0.0752. The summed E-state index contributed by atoms with van der Waals surface area (Å²) in [6.07, 6.45) is 3.09. The second-order valence-corrected chi connectivity index (χ2v) is 2.58. The molecule has 0 fully saturated rings. The van der Waals surface area contributed by atoms with Crippen LogP contribution in [-0.4, -0.2) is 32.7 Å². The highest BCUT2D eigenvalue weighted by molar-refractivity contribution is 5.76. The van der Waals surface area contributed by atoms with Crippen LogP contribution in [0.2, 0.25) is 0 Å². The molecule has 0 aromatic rings. The molecular formula is C8H18N2O2. The standard InChI is InChI=1S/C8H18N2O2/c1-10-8(11)7-12-6-4-2-3-5-9/h2-7,9H2,1H3,(H,10,11). The molecule has 0 aliphatic rings. The van der Waals surface area contributed by atoms with Crippen molar-refractivity contribution in [3.63, 3.8) is 0 Å². The summed E-state index contributed by atoms with van der Waals surface area (Å²) < 4.78 is 5.08. The van der Waals surface area contributed by atoms with E-state index in [0.717, 1.165) is 25.8 Å². The molecule has 0 aromatic carbocycles. The Morgan fingerprint density at radius 2 is 2.17 bits per heavy atom. The Labute approximate surface area is 73.5 Å². The van der Waals surface area contributed by atoms with E-state index in [1.165, 1.54) is 0 Å². The Hall–Kier alpha value is -0.610. The van der Waals surface area contributed by atoms with Gasteiger partial charge in [0.15, 0.2) is 0 Å². The van der Waals surface area contributed by atoms with Crippen LogP contribution in [0.25, 0.3) is 0 Å². The minimum absolute atomic E-state index is 0.0752. The van der Waals surface area contributed by atoms with Gasteiger partial charge in [0.25, 0.3) is 0 Å². The van der Waals surface area contributed by atoms with Crippen LogP contribution < -0.4 is 11.1 Å². The molecular weight excluding hydrogens is 156 g/mol. The number of carbonyl (C=O) groups excluding carboxylic acids is 1. The number of nitrogens with one attached hydrogen (secondary N) is 1. The first-order valence-corrected chi connectivity index (χ1v) is 4.29. The Morgan fingerprint density at radius 3 is 2.75 bits per heavy atom. The highest BCUT2D eigenvalue weighted by Gasteiger charge is 1.95. The predicted molar refractivity (Wildman–Crippen MR) is 47.8 cm³/mol. The molecule has 12 heavy (non-hydrogen) atoms. The fourth-order valence-corrected chi connectivity index (χ4v) is 0.762. The van der Waals surface area contributed by atoms with E-state index in [1.54, 1.807) is 7.05 Å². The molecule has 0 saturated carbocycles. The van der Waals surface area contributed by atoms with Crippen molar-refractivity contribution in [2.24, 2.45) is 5.73 Å². The average molecular weight is 174 g/mol. The first-order valence-electron chi connectivity index (χ1n) is 4.29. The monoisotopic (exact) mass is 174 g/mol. The zero-order chi connectivity index (χ0) is 9.23. The minimum Gasteiger partial charge on any atom is -0.372 e. The van der Waals surface area contributed by atoms with Gasteiger partial charge in [0, 0.05) is 13.7 Å². The lowest BCUT2D eigenvalue weighted by molar-refractivity contribution is -0.125. The van der Waals surface area contributed by atoms with E-state index < -0.39 is 0 Å². The van der Waals surface area contributed by atoms with Crippen LogP contribution in [0.1, 0.15) is 19.3 Å². The number of ether oxygens (including phenoxy) is 1. The zero-order valence-corrected chi connectivity index (χ0v) is 7.64. The van der Waals surface area contributed by atoms with E-state index >= 15 is 0 Å². The van der Waals surface area contributed by atoms with Gasteiger partial charge in [-0.25, -0.2) is 0 Å². The molecule has 0 spiro atoms. The summed E-state index contributed by atoms with van der Waals surface area (Å²) in [5, 5.41) is 2.48. The van der Waals surface area contributed by atoms with E-state index in [0.29, 0.717) is 6.61 Å². The van der Waals surface area contributed by atoms with E-state index in [4.69, 9.17) is 10.5 Å². The van der Waals surface area contributed by atoms with Crippen LogP contribution in [-0.2, 0) is 9.53 Å². The number of carbonyl (C=O) groups is 1. The van der Waals surface area contributed by atoms with Gasteiger partial charge in [-0.2, -0.15) is 0 Å². The molecule has 0 radical (unpaired) electrons. The highest BCUT2D eigenvalue weighted by Crippen LogP contribution is 1.93. The number of unbranched alkanes of at least 4 members (excludes halogenated alkanes) is 2. The molecule has 4 heteroatoms. The van der Waals surface area contributed by atoms with Crippen LogP contribution in [0.15, 0.2) is 0 Å². The van der Waals surface area contributed by atoms with Crippen molar-refractivity contribution in [3.05, 3.63) is 0 Å². The molecule has 0 saturated heterocycles. The van der Waals surface area contributed by atoms with Crippen molar-refractivity contribution in [3.8, 4) is 0 Å². The summed E-state index contributed by atoms with van der Waals surface area (Å²) in [7, 11) is 1.60. The van der Waals surface area contributed by atoms with Gasteiger partial charge in [-0.15, -0.1) is 0 Å². The molecule has 0 atom stereocenters. The second-order valence-electron chi connectivity index (χ2n) is 2.58. The van der Waals surface area contributed by atoms with Gasteiger partial charge in [0.1, 0.15) is 6.61 Å². The van der Waals surface area contributed by atoms with Gasteiger partial charge in [0.05, 0.1) is 0 Å². The van der Waals surface area contributed by atoms with Crippen LogP contribution in [0.4, 0.5) is 0 Å². The smallest absolute Gasteiger partial charge is 0.245 e. The lowest BCUT2D eigenvalue weighted by atomic mass is 10.2. The number of amides is 1. The number of hydrogen-bond acceptors (Lipinski definition) is 3. The lowest BCUT2D eigenvalue weighted by Gasteiger charge is -2.02. The van der Waals surface area contributed by atoms with Crippen molar-refractivity contribution in [1.82, 2.24) is 5.32 Å². The fourth-order valence-electron chi connectivity index (χ4n) is 0.762. The summed E-state index contributed by atoms with van der Waals surface area (Å²) in [4.78, 5) is 10.6. The topological polar surface area (TPSA) is 64.3 Å².